The average molecular weight is 306 g/mol. The van der Waals surface area contributed by atoms with Crippen molar-refractivity contribution in [2.75, 3.05) is 6.61 Å². The molecule has 0 fully saturated rings. The molecule has 2 rings (SSSR count). The first-order valence-corrected chi connectivity index (χ1v) is 6.82. The number of rotatable bonds is 5. The molecule has 116 valence electrons. The van der Waals surface area contributed by atoms with Gasteiger partial charge in [-0.05, 0) is 17.0 Å². The first-order chi connectivity index (χ1) is 10.4. The molecule has 0 amide bonds. The molecule has 0 saturated heterocycles. The van der Waals surface area contributed by atoms with Crippen LogP contribution in [0.2, 0.25) is 0 Å². The molecule has 0 saturated carbocycles. The van der Waals surface area contributed by atoms with Gasteiger partial charge in [0.15, 0.2) is 6.61 Å². The Balaban J connectivity index is 2.39. The summed E-state index contributed by atoms with van der Waals surface area (Å²) in [7, 11) is 0. The van der Waals surface area contributed by atoms with Crippen LogP contribution in [0.1, 0.15) is 25.3 Å². The molecular formula is C17H16F2O3. The van der Waals surface area contributed by atoms with Gasteiger partial charge in [0, 0.05) is 12.1 Å². The number of carboxylic acids is 1. The predicted octanol–water partition coefficient (Wildman–Crippen LogP) is 4.22. The molecule has 0 aliphatic rings. The summed E-state index contributed by atoms with van der Waals surface area (Å²) in [6.45, 7) is 3.34. The Morgan fingerprint density at radius 3 is 2.36 bits per heavy atom. The van der Waals surface area contributed by atoms with Crippen LogP contribution in [0.3, 0.4) is 0 Å². The zero-order valence-corrected chi connectivity index (χ0v) is 12.3. The van der Waals surface area contributed by atoms with Crippen LogP contribution < -0.4 is 4.74 Å². The predicted molar refractivity (Wildman–Crippen MR) is 79.0 cm³/mol. The number of hydrogen-bond acceptors (Lipinski definition) is 2. The van der Waals surface area contributed by atoms with Crippen LogP contribution >= 0.6 is 0 Å². The zero-order chi connectivity index (χ0) is 16.3. The number of halogens is 2. The minimum absolute atomic E-state index is 0.148. The van der Waals surface area contributed by atoms with Crippen LogP contribution in [-0.4, -0.2) is 17.7 Å². The van der Waals surface area contributed by atoms with E-state index < -0.39 is 24.2 Å². The van der Waals surface area contributed by atoms with Gasteiger partial charge in [0.25, 0.3) is 0 Å². The summed E-state index contributed by atoms with van der Waals surface area (Å²) in [4.78, 5) is 10.4. The van der Waals surface area contributed by atoms with Crippen LogP contribution in [0, 0.1) is 11.6 Å². The SMILES string of the molecule is CC(C)c1cccc(-c2c(F)cc(OCC(=O)O)cc2F)c1. The fourth-order valence-electron chi connectivity index (χ4n) is 2.11. The molecule has 0 aliphatic heterocycles. The largest absolute Gasteiger partial charge is 0.482 e. The molecule has 1 N–H and O–H groups in total. The standard InChI is InChI=1S/C17H16F2O3/c1-10(2)11-4-3-5-12(6-11)17-14(18)7-13(8-15(17)19)22-9-16(20)21/h3-8,10H,9H2,1-2H3,(H,20,21). The lowest BCUT2D eigenvalue weighted by atomic mass is 9.97. The molecule has 0 atom stereocenters. The number of aliphatic carboxylic acids is 1. The molecular weight excluding hydrogens is 290 g/mol. The highest BCUT2D eigenvalue weighted by Crippen LogP contribution is 2.31. The average Bonchev–Trinajstić information content (AvgIpc) is 2.44. The molecule has 22 heavy (non-hydrogen) atoms. The normalized spacial score (nSPS) is 10.8. The second-order valence-corrected chi connectivity index (χ2v) is 5.22. The van der Waals surface area contributed by atoms with Gasteiger partial charge >= 0.3 is 5.97 Å². The topological polar surface area (TPSA) is 46.5 Å². The van der Waals surface area contributed by atoms with E-state index in [0.717, 1.165) is 17.7 Å². The summed E-state index contributed by atoms with van der Waals surface area (Å²) in [5.74, 6) is -2.71. The van der Waals surface area contributed by atoms with Crippen molar-refractivity contribution in [3.05, 3.63) is 53.6 Å². The van der Waals surface area contributed by atoms with Crippen LogP contribution in [0.15, 0.2) is 36.4 Å². The summed E-state index contributed by atoms with van der Waals surface area (Å²) in [6.07, 6.45) is 0. The molecule has 2 aromatic carbocycles. The van der Waals surface area contributed by atoms with Crippen molar-refractivity contribution in [2.45, 2.75) is 19.8 Å². The number of ether oxygens (including phenoxy) is 1. The van der Waals surface area contributed by atoms with Crippen molar-refractivity contribution in [3.63, 3.8) is 0 Å². The number of carbonyl (C=O) groups is 1. The van der Waals surface area contributed by atoms with Gasteiger partial charge in [0.2, 0.25) is 0 Å². The fourth-order valence-corrected chi connectivity index (χ4v) is 2.11. The molecule has 0 unspecified atom stereocenters. The van der Waals surface area contributed by atoms with Crippen LogP contribution in [-0.2, 0) is 4.79 Å². The van der Waals surface area contributed by atoms with E-state index in [0.29, 0.717) is 5.56 Å². The van der Waals surface area contributed by atoms with E-state index >= 15 is 0 Å². The van der Waals surface area contributed by atoms with Crippen molar-refractivity contribution < 1.29 is 23.4 Å². The van der Waals surface area contributed by atoms with Crippen molar-refractivity contribution in [2.24, 2.45) is 0 Å². The fraction of sp³-hybridized carbons (Fsp3) is 0.235. The molecule has 0 bridgehead atoms. The molecule has 0 heterocycles. The van der Waals surface area contributed by atoms with Crippen LogP contribution in [0.4, 0.5) is 8.78 Å². The third kappa shape index (κ3) is 3.61. The van der Waals surface area contributed by atoms with Crippen molar-refractivity contribution in [3.8, 4) is 16.9 Å². The zero-order valence-electron chi connectivity index (χ0n) is 12.3. The van der Waals surface area contributed by atoms with Gasteiger partial charge in [-0.3, -0.25) is 0 Å². The van der Waals surface area contributed by atoms with Crippen molar-refractivity contribution in [1.29, 1.82) is 0 Å². The minimum atomic E-state index is -1.21. The van der Waals surface area contributed by atoms with E-state index in [-0.39, 0.29) is 17.2 Å². The molecule has 0 aromatic heterocycles. The monoisotopic (exact) mass is 306 g/mol. The van der Waals surface area contributed by atoms with Crippen molar-refractivity contribution >= 4 is 5.97 Å². The quantitative estimate of drug-likeness (QED) is 0.899. The molecule has 3 nitrogen and oxygen atoms in total. The lowest BCUT2D eigenvalue weighted by Crippen LogP contribution is -2.09. The van der Waals surface area contributed by atoms with Crippen LogP contribution in [0.25, 0.3) is 11.1 Å². The second kappa shape index (κ2) is 6.56. The maximum absolute atomic E-state index is 14.2. The smallest absolute Gasteiger partial charge is 0.341 e. The lowest BCUT2D eigenvalue weighted by Gasteiger charge is -2.11. The van der Waals surface area contributed by atoms with E-state index in [1.54, 1.807) is 18.2 Å². The molecule has 0 radical (unpaired) electrons. The Labute approximate surface area is 127 Å². The maximum atomic E-state index is 14.2. The highest BCUT2D eigenvalue weighted by molar-refractivity contribution is 5.69. The number of hydrogen-bond donors (Lipinski definition) is 1. The van der Waals surface area contributed by atoms with Gasteiger partial charge in [0.1, 0.15) is 17.4 Å². The summed E-state index contributed by atoms with van der Waals surface area (Å²) in [5, 5.41) is 8.52. The number of carboxylic acid groups (broad SMARTS) is 1. The highest BCUT2D eigenvalue weighted by Gasteiger charge is 2.15. The summed E-state index contributed by atoms with van der Waals surface area (Å²) >= 11 is 0. The Morgan fingerprint density at radius 2 is 1.82 bits per heavy atom. The minimum Gasteiger partial charge on any atom is -0.482 e. The lowest BCUT2D eigenvalue weighted by molar-refractivity contribution is -0.139. The number of benzene rings is 2. The van der Waals surface area contributed by atoms with Crippen LogP contribution in [0.5, 0.6) is 5.75 Å². The summed E-state index contributed by atoms with van der Waals surface area (Å²) in [5.41, 5.74) is 1.26. The van der Waals surface area contributed by atoms with E-state index in [4.69, 9.17) is 9.84 Å². The van der Waals surface area contributed by atoms with Gasteiger partial charge in [-0.2, -0.15) is 0 Å². The molecule has 2 aromatic rings. The second-order valence-electron chi connectivity index (χ2n) is 5.22. The molecule has 5 heteroatoms. The van der Waals surface area contributed by atoms with Gasteiger partial charge in [-0.25, -0.2) is 13.6 Å². The third-order valence-corrected chi connectivity index (χ3v) is 3.22. The van der Waals surface area contributed by atoms with E-state index in [2.05, 4.69) is 0 Å². The van der Waals surface area contributed by atoms with E-state index in [1.807, 2.05) is 19.9 Å². The van der Waals surface area contributed by atoms with Gasteiger partial charge in [-0.15, -0.1) is 0 Å². The van der Waals surface area contributed by atoms with Gasteiger partial charge in [0.05, 0.1) is 5.56 Å². The highest BCUT2D eigenvalue weighted by atomic mass is 19.1. The van der Waals surface area contributed by atoms with E-state index in [9.17, 15) is 13.6 Å². The van der Waals surface area contributed by atoms with Gasteiger partial charge in [-0.1, -0.05) is 38.1 Å². The summed E-state index contributed by atoms with van der Waals surface area (Å²) in [6, 6.07) is 8.99. The maximum Gasteiger partial charge on any atom is 0.341 e. The van der Waals surface area contributed by atoms with E-state index in [1.165, 1.54) is 0 Å². The molecule has 0 aliphatic carbocycles. The Hall–Kier alpha value is -2.43. The first kappa shape index (κ1) is 15.9. The molecule has 0 spiro atoms. The summed E-state index contributed by atoms with van der Waals surface area (Å²) < 4.78 is 33.2. The third-order valence-electron chi connectivity index (χ3n) is 3.22. The Bertz CT molecular complexity index is 673. The Morgan fingerprint density at radius 1 is 1.18 bits per heavy atom. The van der Waals surface area contributed by atoms with Crippen molar-refractivity contribution in [1.82, 2.24) is 0 Å². The first-order valence-electron chi connectivity index (χ1n) is 6.82. The van der Waals surface area contributed by atoms with Gasteiger partial charge < -0.3 is 9.84 Å². The Kier molecular flexibility index (Phi) is 4.75.